The molecule has 0 aliphatic carbocycles. The van der Waals surface area contributed by atoms with Crippen LogP contribution in [-0.4, -0.2) is 27.9 Å². The van der Waals surface area contributed by atoms with Gasteiger partial charge in [0.05, 0.1) is 4.92 Å². The van der Waals surface area contributed by atoms with Gasteiger partial charge >= 0.3 is 6.03 Å². The average molecular weight is 419 g/mol. The molecular formula is C22H21N5O4. The van der Waals surface area contributed by atoms with Gasteiger partial charge in [0.1, 0.15) is 6.04 Å². The first kappa shape index (κ1) is 21.4. The van der Waals surface area contributed by atoms with E-state index in [0.717, 1.165) is 5.56 Å². The molecule has 9 nitrogen and oxygen atoms in total. The topological polar surface area (TPSA) is 126 Å². The van der Waals surface area contributed by atoms with E-state index in [-0.39, 0.29) is 18.1 Å². The smallest absolute Gasteiger partial charge is 0.315 e. The number of non-ortho nitro benzene ring substituents is 1. The first-order valence-electron chi connectivity index (χ1n) is 9.54. The number of carbonyl (C=O) groups is 2. The van der Waals surface area contributed by atoms with Gasteiger partial charge in [-0.15, -0.1) is 0 Å². The Morgan fingerprint density at radius 1 is 0.935 bits per heavy atom. The summed E-state index contributed by atoms with van der Waals surface area (Å²) < 4.78 is 0. The Morgan fingerprint density at radius 3 is 2.26 bits per heavy atom. The fraction of sp³-hybridized carbons (Fsp3) is 0.136. The van der Waals surface area contributed by atoms with Crippen molar-refractivity contribution in [2.45, 2.75) is 19.0 Å². The van der Waals surface area contributed by atoms with Crippen molar-refractivity contribution in [3.63, 3.8) is 0 Å². The van der Waals surface area contributed by atoms with Crippen molar-refractivity contribution in [1.82, 2.24) is 15.6 Å². The van der Waals surface area contributed by atoms with E-state index in [0.29, 0.717) is 17.7 Å². The van der Waals surface area contributed by atoms with Crippen LogP contribution in [0.25, 0.3) is 0 Å². The van der Waals surface area contributed by atoms with Crippen LogP contribution in [0, 0.1) is 10.1 Å². The van der Waals surface area contributed by atoms with Crippen LogP contribution in [0.2, 0.25) is 0 Å². The number of urea groups is 1. The van der Waals surface area contributed by atoms with Gasteiger partial charge in [-0.2, -0.15) is 0 Å². The molecule has 0 fully saturated rings. The van der Waals surface area contributed by atoms with Crippen molar-refractivity contribution in [2.75, 3.05) is 5.32 Å². The third-order valence-corrected chi connectivity index (χ3v) is 4.45. The fourth-order valence-corrected chi connectivity index (χ4v) is 2.85. The second-order valence-electron chi connectivity index (χ2n) is 6.72. The molecule has 1 heterocycles. The number of hydrogen-bond donors (Lipinski definition) is 3. The zero-order valence-corrected chi connectivity index (χ0v) is 16.5. The van der Waals surface area contributed by atoms with E-state index in [2.05, 4.69) is 20.9 Å². The van der Waals surface area contributed by atoms with Crippen molar-refractivity contribution in [2.24, 2.45) is 0 Å². The van der Waals surface area contributed by atoms with Crippen LogP contribution in [0.4, 0.5) is 16.2 Å². The highest BCUT2D eigenvalue weighted by atomic mass is 16.6. The van der Waals surface area contributed by atoms with Crippen molar-refractivity contribution in [3.05, 3.63) is 100 Å². The van der Waals surface area contributed by atoms with Crippen LogP contribution in [0.5, 0.6) is 0 Å². The maximum absolute atomic E-state index is 12.8. The Kier molecular flexibility index (Phi) is 7.26. The minimum absolute atomic E-state index is 0.0242. The molecule has 2 aromatic carbocycles. The van der Waals surface area contributed by atoms with Crippen LogP contribution in [0.3, 0.4) is 0 Å². The number of rotatable bonds is 8. The van der Waals surface area contributed by atoms with Crippen molar-refractivity contribution >= 4 is 23.3 Å². The summed E-state index contributed by atoms with van der Waals surface area (Å²) in [6, 6.07) is 17.2. The lowest BCUT2D eigenvalue weighted by Crippen LogP contribution is -2.49. The van der Waals surface area contributed by atoms with Crippen LogP contribution < -0.4 is 16.0 Å². The van der Waals surface area contributed by atoms with E-state index in [1.807, 2.05) is 30.3 Å². The number of carbonyl (C=O) groups excluding carboxylic acids is 2. The predicted molar refractivity (Wildman–Crippen MR) is 115 cm³/mol. The number of amides is 3. The third-order valence-electron chi connectivity index (χ3n) is 4.45. The van der Waals surface area contributed by atoms with E-state index >= 15 is 0 Å². The quantitative estimate of drug-likeness (QED) is 0.382. The van der Waals surface area contributed by atoms with Crippen molar-refractivity contribution in [1.29, 1.82) is 0 Å². The number of anilines is 1. The van der Waals surface area contributed by atoms with Crippen LogP contribution >= 0.6 is 0 Å². The van der Waals surface area contributed by atoms with E-state index < -0.39 is 17.0 Å². The summed E-state index contributed by atoms with van der Waals surface area (Å²) in [5.41, 5.74) is 2.14. The molecule has 1 atom stereocenters. The molecule has 0 spiro atoms. The van der Waals surface area contributed by atoms with Gasteiger partial charge in [0, 0.05) is 43.2 Å². The first-order chi connectivity index (χ1) is 15.0. The van der Waals surface area contributed by atoms with E-state index in [4.69, 9.17) is 0 Å². The van der Waals surface area contributed by atoms with Gasteiger partial charge in [-0.1, -0.05) is 42.5 Å². The largest absolute Gasteiger partial charge is 0.334 e. The Hall–Kier alpha value is -4.27. The second kappa shape index (κ2) is 10.5. The summed E-state index contributed by atoms with van der Waals surface area (Å²) in [5, 5.41) is 18.9. The SMILES string of the molecule is O=C(NCc1ccc([N+](=O)[O-])cc1)N[C@@H](Cc1ccccc1)C(=O)Nc1ccncc1. The molecule has 3 aromatic rings. The Labute approximate surface area is 178 Å². The molecule has 9 heteroatoms. The second-order valence-corrected chi connectivity index (χ2v) is 6.72. The zero-order valence-electron chi connectivity index (χ0n) is 16.5. The Morgan fingerprint density at radius 2 is 1.61 bits per heavy atom. The molecule has 0 bridgehead atoms. The van der Waals surface area contributed by atoms with Gasteiger partial charge in [-0.05, 0) is 23.3 Å². The van der Waals surface area contributed by atoms with E-state index in [1.165, 1.54) is 12.1 Å². The Balaban J connectivity index is 1.63. The maximum atomic E-state index is 12.8. The summed E-state index contributed by atoms with van der Waals surface area (Å²) in [6.07, 6.45) is 3.43. The van der Waals surface area contributed by atoms with Crippen LogP contribution in [0.1, 0.15) is 11.1 Å². The number of benzene rings is 2. The zero-order chi connectivity index (χ0) is 22.1. The number of aromatic nitrogens is 1. The molecule has 0 saturated heterocycles. The predicted octanol–water partition coefficient (Wildman–Crippen LogP) is 3.04. The summed E-state index contributed by atoms with van der Waals surface area (Å²) in [6.45, 7) is 0.161. The molecular weight excluding hydrogens is 398 g/mol. The van der Waals surface area contributed by atoms with Gasteiger partial charge in [-0.25, -0.2) is 4.79 Å². The monoisotopic (exact) mass is 419 g/mol. The molecule has 0 aliphatic heterocycles. The molecule has 0 saturated carbocycles. The Bertz CT molecular complexity index is 1030. The third kappa shape index (κ3) is 6.64. The fourth-order valence-electron chi connectivity index (χ4n) is 2.85. The molecule has 158 valence electrons. The summed E-state index contributed by atoms with van der Waals surface area (Å²) in [4.78, 5) is 39.4. The number of nitrogens with one attached hydrogen (secondary N) is 3. The number of hydrogen-bond acceptors (Lipinski definition) is 5. The highest BCUT2D eigenvalue weighted by Gasteiger charge is 2.21. The number of pyridine rings is 1. The minimum Gasteiger partial charge on any atom is -0.334 e. The molecule has 0 aliphatic rings. The lowest BCUT2D eigenvalue weighted by molar-refractivity contribution is -0.384. The normalized spacial score (nSPS) is 11.2. The molecule has 3 rings (SSSR count). The molecule has 31 heavy (non-hydrogen) atoms. The standard InChI is InChI=1S/C22H21N5O4/c28-21(25-18-10-12-23-13-11-18)20(14-16-4-2-1-3-5-16)26-22(29)24-15-17-6-8-19(9-7-17)27(30)31/h1-13,20H,14-15H2,(H,23,25,28)(H2,24,26,29)/t20-/m0/s1. The maximum Gasteiger partial charge on any atom is 0.315 e. The molecule has 3 N–H and O–H groups in total. The average Bonchev–Trinajstić information content (AvgIpc) is 2.79. The summed E-state index contributed by atoms with van der Waals surface area (Å²) in [5.74, 6) is -0.361. The highest BCUT2D eigenvalue weighted by Crippen LogP contribution is 2.12. The highest BCUT2D eigenvalue weighted by molar-refractivity contribution is 5.97. The van der Waals surface area contributed by atoms with Crippen molar-refractivity contribution in [3.8, 4) is 0 Å². The lowest BCUT2D eigenvalue weighted by Gasteiger charge is -2.19. The molecule has 0 radical (unpaired) electrons. The van der Waals surface area contributed by atoms with Gasteiger partial charge < -0.3 is 16.0 Å². The number of nitro benzene ring substituents is 1. The molecule has 3 amide bonds. The summed E-state index contributed by atoms with van der Waals surface area (Å²) in [7, 11) is 0. The lowest BCUT2D eigenvalue weighted by atomic mass is 10.1. The van der Waals surface area contributed by atoms with Crippen LogP contribution in [-0.2, 0) is 17.8 Å². The molecule has 1 aromatic heterocycles. The van der Waals surface area contributed by atoms with Crippen LogP contribution in [0.15, 0.2) is 79.1 Å². The van der Waals surface area contributed by atoms with Gasteiger partial charge in [0.25, 0.3) is 5.69 Å². The number of nitro groups is 1. The number of nitrogens with zero attached hydrogens (tertiary/aromatic N) is 2. The van der Waals surface area contributed by atoms with Gasteiger partial charge in [-0.3, -0.25) is 19.9 Å². The molecule has 0 unspecified atom stereocenters. The van der Waals surface area contributed by atoms with Crippen molar-refractivity contribution < 1.29 is 14.5 Å². The van der Waals surface area contributed by atoms with Gasteiger partial charge in [0.2, 0.25) is 5.91 Å². The van der Waals surface area contributed by atoms with E-state index in [9.17, 15) is 19.7 Å². The van der Waals surface area contributed by atoms with E-state index in [1.54, 1.807) is 36.7 Å². The first-order valence-corrected chi connectivity index (χ1v) is 9.54. The summed E-state index contributed by atoms with van der Waals surface area (Å²) >= 11 is 0. The van der Waals surface area contributed by atoms with Gasteiger partial charge in [0.15, 0.2) is 0 Å². The minimum atomic E-state index is -0.813.